The van der Waals surface area contributed by atoms with Crippen molar-refractivity contribution >= 4 is 5.97 Å². The second kappa shape index (κ2) is 6.75. The normalized spacial score (nSPS) is 11.4. The fourth-order valence-electron chi connectivity index (χ4n) is 0.723. The van der Waals surface area contributed by atoms with Crippen LogP contribution in [0.25, 0.3) is 0 Å². The zero-order valence-electron chi connectivity index (χ0n) is 8.78. The van der Waals surface area contributed by atoms with Crippen LogP contribution in [-0.4, -0.2) is 43.0 Å². The molecule has 0 aliphatic rings. The number of nitrogens with two attached hydrogens (primary N) is 1. The molecule has 0 saturated heterocycles. The number of hydrogen-bond donors (Lipinski definition) is 2. The van der Waals surface area contributed by atoms with Gasteiger partial charge in [0.25, 0.3) is 0 Å². The Morgan fingerprint density at radius 1 is 1.43 bits per heavy atom. The van der Waals surface area contributed by atoms with Crippen molar-refractivity contribution in [3.05, 3.63) is 0 Å². The molecule has 84 valence electrons. The topological polar surface area (TPSA) is 81.8 Å². The maximum atomic E-state index is 11.2. The van der Waals surface area contributed by atoms with Crippen LogP contribution >= 0.6 is 0 Å². The third-order valence-electron chi connectivity index (χ3n) is 1.57. The van der Waals surface area contributed by atoms with Gasteiger partial charge in [-0.05, 0) is 13.8 Å². The molecule has 0 aliphatic carbocycles. The Morgan fingerprint density at radius 3 is 2.57 bits per heavy atom. The van der Waals surface area contributed by atoms with Crippen LogP contribution in [0.3, 0.4) is 0 Å². The van der Waals surface area contributed by atoms with Gasteiger partial charge in [0.05, 0.1) is 26.2 Å². The molecule has 0 aromatic carbocycles. The Bertz CT molecular complexity index is 170. The fraction of sp³-hybridized carbons (Fsp3) is 0.889. The first-order valence-electron chi connectivity index (χ1n) is 4.62. The summed E-state index contributed by atoms with van der Waals surface area (Å²) in [5, 5.41) is 8.40. The lowest BCUT2D eigenvalue weighted by Gasteiger charge is -2.22. The number of rotatable bonds is 7. The van der Waals surface area contributed by atoms with Crippen molar-refractivity contribution in [2.45, 2.75) is 25.9 Å². The molecule has 0 amide bonds. The summed E-state index contributed by atoms with van der Waals surface area (Å²) in [4.78, 5) is 11.2. The number of esters is 1. The minimum atomic E-state index is -0.617. The highest BCUT2D eigenvalue weighted by atomic mass is 16.6. The monoisotopic (exact) mass is 205 g/mol. The van der Waals surface area contributed by atoms with E-state index >= 15 is 0 Å². The average Bonchev–Trinajstić information content (AvgIpc) is 2.12. The number of ether oxygens (including phenoxy) is 2. The van der Waals surface area contributed by atoms with Gasteiger partial charge in [-0.25, -0.2) is 0 Å². The SMILES string of the molecule is CC(C)(CN)OC(=O)CCOCCO. The molecule has 5 nitrogen and oxygen atoms in total. The van der Waals surface area contributed by atoms with Crippen molar-refractivity contribution in [3.8, 4) is 0 Å². The smallest absolute Gasteiger partial charge is 0.308 e. The number of carbonyl (C=O) groups is 1. The zero-order valence-corrected chi connectivity index (χ0v) is 8.78. The van der Waals surface area contributed by atoms with Crippen molar-refractivity contribution in [3.63, 3.8) is 0 Å². The summed E-state index contributed by atoms with van der Waals surface area (Å²) in [6.07, 6.45) is 0.184. The molecule has 5 heteroatoms. The summed E-state index contributed by atoms with van der Waals surface area (Å²) in [6.45, 7) is 4.26. The number of carbonyl (C=O) groups excluding carboxylic acids is 1. The van der Waals surface area contributed by atoms with E-state index in [-0.39, 0.29) is 38.8 Å². The zero-order chi connectivity index (χ0) is 11.0. The van der Waals surface area contributed by atoms with E-state index in [1.165, 1.54) is 0 Å². The van der Waals surface area contributed by atoms with Crippen LogP contribution in [0, 0.1) is 0 Å². The predicted octanol–water partition coefficient (Wildman–Crippen LogP) is -0.334. The first-order chi connectivity index (χ1) is 6.52. The molecule has 0 radical (unpaired) electrons. The molecule has 0 spiro atoms. The maximum Gasteiger partial charge on any atom is 0.308 e. The standard InChI is InChI=1S/C9H19NO4/c1-9(2,7-10)14-8(12)3-5-13-6-4-11/h11H,3-7,10H2,1-2H3. The van der Waals surface area contributed by atoms with Crippen molar-refractivity contribution in [2.75, 3.05) is 26.4 Å². The van der Waals surface area contributed by atoms with Crippen molar-refractivity contribution < 1.29 is 19.4 Å². The molecular formula is C9H19NO4. The Morgan fingerprint density at radius 2 is 2.07 bits per heavy atom. The van der Waals surface area contributed by atoms with Crippen LogP contribution in [0.4, 0.5) is 0 Å². The summed E-state index contributed by atoms with van der Waals surface area (Å²) in [6, 6.07) is 0. The molecule has 0 saturated carbocycles. The second-order valence-electron chi connectivity index (χ2n) is 3.52. The Kier molecular flexibility index (Phi) is 6.44. The summed E-state index contributed by atoms with van der Waals surface area (Å²) in [7, 11) is 0. The van der Waals surface area contributed by atoms with Crippen LogP contribution in [0.2, 0.25) is 0 Å². The van der Waals surface area contributed by atoms with Crippen molar-refractivity contribution in [1.29, 1.82) is 0 Å². The number of aliphatic hydroxyl groups is 1. The minimum Gasteiger partial charge on any atom is -0.458 e. The van der Waals surface area contributed by atoms with E-state index in [0.717, 1.165) is 0 Å². The van der Waals surface area contributed by atoms with Gasteiger partial charge in [0.15, 0.2) is 0 Å². The lowest BCUT2D eigenvalue weighted by atomic mass is 10.1. The van der Waals surface area contributed by atoms with E-state index in [4.69, 9.17) is 20.3 Å². The number of aliphatic hydroxyl groups excluding tert-OH is 1. The van der Waals surface area contributed by atoms with Gasteiger partial charge in [-0.1, -0.05) is 0 Å². The minimum absolute atomic E-state index is 0.0384. The largest absolute Gasteiger partial charge is 0.458 e. The quantitative estimate of drug-likeness (QED) is 0.439. The fourth-order valence-corrected chi connectivity index (χ4v) is 0.723. The number of hydrogen-bond acceptors (Lipinski definition) is 5. The van der Waals surface area contributed by atoms with Gasteiger partial charge in [0, 0.05) is 6.54 Å². The maximum absolute atomic E-state index is 11.2. The van der Waals surface area contributed by atoms with E-state index in [9.17, 15) is 4.79 Å². The molecule has 0 bridgehead atoms. The van der Waals surface area contributed by atoms with Gasteiger partial charge in [-0.2, -0.15) is 0 Å². The van der Waals surface area contributed by atoms with Crippen LogP contribution in [0.5, 0.6) is 0 Å². The van der Waals surface area contributed by atoms with E-state index in [0.29, 0.717) is 0 Å². The molecule has 3 N–H and O–H groups in total. The third kappa shape index (κ3) is 6.82. The van der Waals surface area contributed by atoms with Crippen LogP contribution in [0.1, 0.15) is 20.3 Å². The summed E-state index contributed by atoms with van der Waals surface area (Å²) < 4.78 is 9.98. The first-order valence-corrected chi connectivity index (χ1v) is 4.62. The Hall–Kier alpha value is -0.650. The highest BCUT2D eigenvalue weighted by Gasteiger charge is 2.20. The molecule has 0 atom stereocenters. The lowest BCUT2D eigenvalue weighted by Crippen LogP contribution is -2.36. The summed E-state index contributed by atoms with van der Waals surface area (Å²) in [5.74, 6) is -0.335. The first kappa shape index (κ1) is 13.4. The second-order valence-corrected chi connectivity index (χ2v) is 3.52. The van der Waals surface area contributed by atoms with Gasteiger partial charge >= 0.3 is 5.97 Å². The predicted molar refractivity (Wildman–Crippen MR) is 51.7 cm³/mol. The lowest BCUT2D eigenvalue weighted by molar-refractivity contribution is -0.156. The Balaban J connectivity index is 3.55. The van der Waals surface area contributed by atoms with E-state index in [2.05, 4.69) is 0 Å². The molecule has 0 heterocycles. The average molecular weight is 205 g/mol. The van der Waals surface area contributed by atoms with Gasteiger partial charge in [-0.3, -0.25) is 4.79 Å². The molecule has 0 fully saturated rings. The highest BCUT2D eigenvalue weighted by Crippen LogP contribution is 2.07. The van der Waals surface area contributed by atoms with E-state index < -0.39 is 5.60 Å². The summed E-state index contributed by atoms with van der Waals surface area (Å²) in [5.41, 5.74) is 4.77. The molecular weight excluding hydrogens is 186 g/mol. The summed E-state index contributed by atoms with van der Waals surface area (Å²) >= 11 is 0. The van der Waals surface area contributed by atoms with Crippen molar-refractivity contribution in [2.24, 2.45) is 5.73 Å². The molecule has 0 rings (SSSR count). The van der Waals surface area contributed by atoms with Gasteiger partial charge < -0.3 is 20.3 Å². The molecule has 0 aliphatic heterocycles. The van der Waals surface area contributed by atoms with E-state index in [1.54, 1.807) is 13.8 Å². The highest BCUT2D eigenvalue weighted by molar-refractivity contribution is 5.69. The van der Waals surface area contributed by atoms with Gasteiger partial charge in [0.1, 0.15) is 5.60 Å². The van der Waals surface area contributed by atoms with Gasteiger partial charge in [0.2, 0.25) is 0 Å². The van der Waals surface area contributed by atoms with Crippen LogP contribution in [-0.2, 0) is 14.3 Å². The third-order valence-corrected chi connectivity index (χ3v) is 1.57. The van der Waals surface area contributed by atoms with Crippen LogP contribution in [0.15, 0.2) is 0 Å². The van der Waals surface area contributed by atoms with Crippen LogP contribution < -0.4 is 5.73 Å². The van der Waals surface area contributed by atoms with E-state index in [1.807, 2.05) is 0 Å². The molecule has 0 aromatic rings. The molecule has 14 heavy (non-hydrogen) atoms. The van der Waals surface area contributed by atoms with Gasteiger partial charge in [-0.15, -0.1) is 0 Å². The Labute approximate surface area is 84.2 Å². The molecule has 0 aromatic heterocycles. The molecule has 0 unspecified atom stereocenters. The van der Waals surface area contributed by atoms with Crippen molar-refractivity contribution in [1.82, 2.24) is 0 Å².